The minimum atomic E-state index is -3.26. The SMILES string of the molecule is CCC(CC)(c1ccc(CS(=O)(=O)C(C)(C)C)c(C)c1)c1ccc(OCC2=CCC(=O)O2)c(C)c1. The topological polar surface area (TPSA) is 69.7 Å². The highest BCUT2D eigenvalue weighted by atomic mass is 32.2. The third-order valence-corrected chi connectivity index (χ3v) is 9.78. The van der Waals surface area contributed by atoms with E-state index in [2.05, 4.69) is 38.1 Å². The summed E-state index contributed by atoms with van der Waals surface area (Å²) in [6.07, 6.45) is 3.87. The highest BCUT2D eigenvalue weighted by Gasteiger charge is 2.33. The average molecular weight is 499 g/mol. The van der Waals surface area contributed by atoms with Crippen LogP contribution in [0.15, 0.2) is 48.2 Å². The molecule has 0 amide bonds. The molecule has 3 rings (SSSR count). The molecule has 1 aliphatic rings. The summed E-state index contributed by atoms with van der Waals surface area (Å²) in [5.74, 6) is 1.12. The number of benzene rings is 2. The summed E-state index contributed by atoms with van der Waals surface area (Å²) in [4.78, 5) is 11.3. The molecule has 1 heterocycles. The van der Waals surface area contributed by atoms with E-state index in [0.717, 1.165) is 35.3 Å². The summed E-state index contributed by atoms with van der Waals surface area (Å²) in [5, 5.41) is 0. The molecule has 0 N–H and O–H groups in total. The van der Waals surface area contributed by atoms with Crippen LogP contribution in [-0.2, 0) is 30.5 Å². The van der Waals surface area contributed by atoms with Gasteiger partial charge in [0.25, 0.3) is 0 Å². The lowest BCUT2D eigenvalue weighted by Gasteiger charge is -2.34. The standard InChI is InChI=1S/C29H38O5S/c1-8-29(9-2,23-11-10-22(20(3)16-23)19-35(31,32)28(5,6)7)24-12-14-26(21(4)17-24)33-18-25-13-15-27(30)34-25/h10-14,16-17H,8-9,15,18-19H2,1-7H3. The van der Waals surface area contributed by atoms with Gasteiger partial charge in [-0.2, -0.15) is 0 Å². The van der Waals surface area contributed by atoms with Crippen LogP contribution in [0, 0.1) is 13.8 Å². The van der Waals surface area contributed by atoms with Crippen LogP contribution >= 0.6 is 0 Å². The summed E-state index contributed by atoms with van der Waals surface area (Å²) in [5.41, 5.74) is 5.06. The van der Waals surface area contributed by atoms with Gasteiger partial charge in [-0.25, -0.2) is 8.42 Å². The molecule has 0 aromatic heterocycles. The zero-order valence-electron chi connectivity index (χ0n) is 22.0. The fourth-order valence-corrected chi connectivity index (χ4v) is 5.75. The molecule has 0 fully saturated rings. The smallest absolute Gasteiger partial charge is 0.314 e. The van der Waals surface area contributed by atoms with Crippen LogP contribution < -0.4 is 4.74 Å². The summed E-state index contributed by atoms with van der Waals surface area (Å²) >= 11 is 0. The maximum atomic E-state index is 12.8. The molecule has 2 aromatic rings. The molecule has 6 heteroatoms. The van der Waals surface area contributed by atoms with Gasteiger partial charge in [0.2, 0.25) is 0 Å². The number of carbonyl (C=O) groups is 1. The first-order valence-electron chi connectivity index (χ1n) is 12.3. The molecule has 0 saturated heterocycles. The summed E-state index contributed by atoms with van der Waals surface area (Å²) in [6, 6.07) is 12.5. The summed E-state index contributed by atoms with van der Waals surface area (Å²) in [7, 11) is -3.26. The van der Waals surface area contributed by atoms with E-state index in [9.17, 15) is 13.2 Å². The van der Waals surface area contributed by atoms with E-state index >= 15 is 0 Å². The molecular weight excluding hydrogens is 460 g/mol. The Hall–Kier alpha value is -2.60. The molecule has 190 valence electrons. The molecule has 0 unspecified atom stereocenters. The van der Waals surface area contributed by atoms with Crippen molar-refractivity contribution >= 4 is 15.8 Å². The number of aryl methyl sites for hydroxylation is 2. The van der Waals surface area contributed by atoms with E-state index in [1.54, 1.807) is 26.8 Å². The number of hydrogen-bond acceptors (Lipinski definition) is 5. The minimum Gasteiger partial charge on any atom is -0.485 e. The van der Waals surface area contributed by atoms with Crippen LogP contribution in [0.25, 0.3) is 0 Å². The van der Waals surface area contributed by atoms with Gasteiger partial charge in [-0.1, -0.05) is 44.2 Å². The largest absolute Gasteiger partial charge is 0.485 e. The van der Waals surface area contributed by atoms with Gasteiger partial charge in [0.1, 0.15) is 18.1 Å². The zero-order valence-corrected chi connectivity index (χ0v) is 22.8. The van der Waals surface area contributed by atoms with Crippen LogP contribution in [-0.4, -0.2) is 25.7 Å². The van der Waals surface area contributed by atoms with Crippen molar-refractivity contribution in [3.8, 4) is 5.75 Å². The molecule has 0 radical (unpaired) electrons. The lowest BCUT2D eigenvalue weighted by molar-refractivity contribution is -0.136. The zero-order chi connectivity index (χ0) is 26.0. The van der Waals surface area contributed by atoms with E-state index in [1.165, 1.54) is 11.1 Å². The van der Waals surface area contributed by atoms with Crippen LogP contribution in [0.1, 0.15) is 81.7 Å². The lowest BCUT2D eigenvalue weighted by Crippen LogP contribution is -2.30. The Morgan fingerprint density at radius 3 is 2.03 bits per heavy atom. The van der Waals surface area contributed by atoms with E-state index < -0.39 is 14.6 Å². The summed E-state index contributed by atoms with van der Waals surface area (Å²) in [6.45, 7) is 13.9. The van der Waals surface area contributed by atoms with Crippen molar-refractivity contribution < 1.29 is 22.7 Å². The number of cyclic esters (lactones) is 1. The van der Waals surface area contributed by atoms with E-state index in [4.69, 9.17) is 9.47 Å². The van der Waals surface area contributed by atoms with Crippen molar-refractivity contribution in [2.24, 2.45) is 0 Å². The van der Waals surface area contributed by atoms with Gasteiger partial charge in [-0.3, -0.25) is 4.79 Å². The van der Waals surface area contributed by atoms with Crippen molar-refractivity contribution in [3.05, 3.63) is 76.1 Å². The van der Waals surface area contributed by atoms with Crippen LogP contribution in [0.5, 0.6) is 5.75 Å². The third kappa shape index (κ3) is 5.64. The first-order valence-corrected chi connectivity index (χ1v) is 13.9. The van der Waals surface area contributed by atoms with E-state index in [-0.39, 0.29) is 23.7 Å². The number of sulfone groups is 1. The number of esters is 1. The van der Waals surface area contributed by atoms with E-state index in [0.29, 0.717) is 12.2 Å². The number of hydrogen-bond donors (Lipinski definition) is 0. The Balaban J connectivity index is 1.89. The molecule has 0 spiro atoms. The monoisotopic (exact) mass is 498 g/mol. The highest BCUT2D eigenvalue weighted by molar-refractivity contribution is 7.91. The second kappa shape index (κ2) is 10.2. The number of rotatable bonds is 9. The Morgan fingerprint density at radius 2 is 1.54 bits per heavy atom. The van der Waals surface area contributed by atoms with Crippen LogP contribution in [0.4, 0.5) is 0 Å². The molecule has 35 heavy (non-hydrogen) atoms. The lowest BCUT2D eigenvalue weighted by atomic mass is 9.70. The minimum absolute atomic E-state index is 0.0464. The van der Waals surface area contributed by atoms with Crippen molar-refractivity contribution in [1.82, 2.24) is 0 Å². The van der Waals surface area contributed by atoms with Crippen LogP contribution in [0.3, 0.4) is 0 Å². The van der Waals surface area contributed by atoms with Crippen molar-refractivity contribution in [3.63, 3.8) is 0 Å². The van der Waals surface area contributed by atoms with Gasteiger partial charge in [-0.15, -0.1) is 0 Å². The normalized spacial score (nSPS) is 14.6. The highest BCUT2D eigenvalue weighted by Crippen LogP contribution is 2.41. The Morgan fingerprint density at radius 1 is 0.943 bits per heavy atom. The molecule has 0 saturated carbocycles. The molecule has 2 aromatic carbocycles. The molecule has 1 aliphatic heterocycles. The molecule has 0 bridgehead atoms. The third-order valence-electron chi connectivity index (χ3n) is 7.22. The van der Waals surface area contributed by atoms with Gasteiger partial charge >= 0.3 is 5.97 Å². The van der Waals surface area contributed by atoms with Crippen molar-refractivity contribution in [2.75, 3.05) is 6.61 Å². The second-order valence-corrected chi connectivity index (χ2v) is 13.2. The molecule has 5 nitrogen and oxygen atoms in total. The first-order chi connectivity index (χ1) is 16.3. The fraction of sp³-hybridized carbons (Fsp3) is 0.483. The number of carbonyl (C=O) groups excluding carboxylic acids is 1. The maximum absolute atomic E-state index is 12.8. The predicted molar refractivity (Wildman–Crippen MR) is 140 cm³/mol. The number of ether oxygens (including phenoxy) is 2. The average Bonchev–Trinajstić information content (AvgIpc) is 3.20. The summed E-state index contributed by atoms with van der Waals surface area (Å²) < 4.78 is 35.8. The Labute approximate surface area is 210 Å². The first kappa shape index (κ1) is 27.0. The maximum Gasteiger partial charge on any atom is 0.314 e. The van der Waals surface area contributed by atoms with Gasteiger partial charge in [-0.05, 0) is 87.4 Å². The molecular formula is C29H38O5S. The van der Waals surface area contributed by atoms with Crippen molar-refractivity contribution in [1.29, 1.82) is 0 Å². The van der Waals surface area contributed by atoms with Gasteiger partial charge in [0, 0.05) is 5.41 Å². The molecule has 0 aliphatic carbocycles. The molecule has 0 atom stereocenters. The Bertz CT molecular complexity index is 1230. The fourth-order valence-electron chi connectivity index (χ4n) is 4.58. The predicted octanol–water partition coefficient (Wildman–Crippen LogP) is 6.33. The van der Waals surface area contributed by atoms with Crippen LogP contribution in [0.2, 0.25) is 0 Å². The van der Waals surface area contributed by atoms with Gasteiger partial charge in [0.15, 0.2) is 9.84 Å². The van der Waals surface area contributed by atoms with E-state index in [1.807, 2.05) is 26.0 Å². The van der Waals surface area contributed by atoms with Crippen molar-refractivity contribution in [2.45, 2.75) is 83.6 Å². The van der Waals surface area contributed by atoms with Gasteiger partial charge in [0.05, 0.1) is 16.9 Å². The second-order valence-electron chi connectivity index (χ2n) is 10.4. The quantitative estimate of drug-likeness (QED) is 0.378. The van der Waals surface area contributed by atoms with Gasteiger partial charge < -0.3 is 9.47 Å². The Kier molecular flexibility index (Phi) is 7.85.